The number of carbonyl (C=O) groups is 1. The van der Waals surface area contributed by atoms with Crippen LogP contribution in [-0.2, 0) is 6.42 Å². The summed E-state index contributed by atoms with van der Waals surface area (Å²) in [7, 11) is 0. The fourth-order valence-electron chi connectivity index (χ4n) is 3.07. The molecule has 0 unspecified atom stereocenters. The summed E-state index contributed by atoms with van der Waals surface area (Å²) in [5.74, 6) is 0.270. The number of ketones is 1. The van der Waals surface area contributed by atoms with Gasteiger partial charge in [-0.05, 0) is 31.0 Å². The summed E-state index contributed by atoms with van der Waals surface area (Å²) in [6.45, 7) is 0. The quantitative estimate of drug-likeness (QED) is 0.672. The van der Waals surface area contributed by atoms with Crippen LogP contribution in [0.5, 0.6) is 0 Å². The van der Waals surface area contributed by atoms with Crippen molar-refractivity contribution in [3.8, 4) is 5.69 Å². The van der Waals surface area contributed by atoms with Crippen LogP contribution in [0.1, 0.15) is 28.9 Å². The number of fused-ring (bicyclic) bond motifs is 2. The van der Waals surface area contributed by atoms with Crippen molar-refractivity contribution in [2.45, 2.75) is 19.3 Å². The summed E-state index contributed by atoms with van der Waals surface area (Å²) in [5.41, 5.74) is 3.16. The molecule has 3 nitrogen and oxygen atoms in total. The second-order valence-electron chi connectivity index (χ2n) is 5.20. The SMILES string of the molecule is O=C1CCCc2c1ccn2-c1cccc2cnccc12. The molecule has 0 aliphatic heterocycles. The molecule has 0 saturated heterocycles. The number of aromatic nitrogens is 2. The number of Topliss-reactive ketones (excluding diaryl/α,β-unsaturated/α-hetero) is 1. The Labute approximate surface area is 116 Å². The standard InChI is InChI=1S/C17H14N2O/c20-17-6-2-5-16-14(17)8-10-19(16)15-4-1-3-12-11-18-9-7-13(12)15/h1,3-4,7-11H,2,5-6H2. The first-order valence-corrected chi connectivity index (χ1v) is 6.91. The number of benzene rings is 1. The second-order valence-corrected chi connectivity index (χ2v) is 5.20. The molecular formula is C17H14N2O. The van der Waals surface area contributed by atoms with E-state index in [1.807, 2.05) is 36.8 Å². The monoisotopic (exact) mass is 262 g/mol. The third-order valence-corrected chi connectivity index (χ3v) is 4.03. The highest BCUT2D eigenvalue weighted by Crippen LogP contribution is 2.28. The fourth-order valence-corrected chi connectivity index (χ4v) is 3.07. The van der Waals surface area contributed by atoms with Crippen molar-refractivity contribution in [2.24, 2.45) is 0 Å². The molecule has 0 amide bonds. The van der Waals surface area contributed by atoms with Crippen LogP contribution < -0.4 is 0 Å². The molecule has 1 aliphatic carbocycles. The summed E-state index contributed by atoms with van der Waals surface area (Å²) >= 11 is 0. The van der Waals surface area contributed by atoms with Gasteiger partial charge in [-0.15, -0.1) is 0 Å². The first-order chi connectivity index (χ1) is 9.84. The first kappa shape index (κ1) is 11.4. The van der Waals surface area contributed by atoms with E-state index in [2.05, 4.69) is 21.7 Å². The fraction of sp³-hybridized carbons (Fsp3) is 0.176. The van der Waals surface area contributed by atoms with Crippen molar-refractivity contribution in [3.05, 3.63) is 60.2 Å². The average molecular weight is 262 g/mol. The Balaban J connectivity index is 1.99. The van der Waals surface area contributed by atoms with Gasteiger partial charge >= 0.3 is 0 Å². The van der Waals surface area contributed by atoms with Gasteiger partial charge in [0.25, 0.3) is 0 Å². The van der Waals surface area contributed by atoms with Crippen molar-refractivity contribution in [1.82, 2.24) is 9.55 Å². The summed E-state index contributed by atoms with van der Waals surface area (Å²) in [6, 6.07) is 10.2. The molecule has 0 fully saturated rings. The minimum atomic E-state index is 0.270. The number of hydrogen-bond donors (Lipinski definition) is 0. The number of carbonyl (C=O) groups excluding carboxylic acids is 1. The lowest BCUT2D eigenvalue weighted by atomic mass is 9.96. The lowest BCUT2D eigenvalue weighted by Gasteiger charge is -2.16. The molecule has 98 valence electrons. The Morgan fingerprint density at radius 3 is 3.00 bits per heavy atom. The third kappa shape index (κ3) is 1.59. The zero-order valence-electron chi connectivity index (χ0n) is 11.0. The van der Waals surface area contributed by atoms with Crippen molar-refractivity contribution in [3.63, 3.8) is 0 Å². The predicted octanol–water partition coefficient (Wildman–Crippen LogP) is 3.54. The minimum absolute atomic E-state index is 0.270. The molecule has 0 saturated carbocycles. The van der Waals surface area contributed by atoms with Gasteiger partial charge in [-0.3, -0.25) is 9.78 Å². The summed E-state index contributed by atoms with van der Waals surface area (Å²) < 4.78 is 2.16. The topological polar surface area (TPSA) is 34.9 Å². The Kier molecular flexibility index (Phi) is 2.46. The highest BCUT2D eigenvalue weighted by Gasteiger charge is 2.21. The molecule has 0 N–H and O–H groups in total. The lowest BCUT2D eigenvalue weighted by molar-refractivity contribution is 0.0972. The van der Waals surface area contributed by atoms with Crippen LogP contribution in [0.15, 0.2) is 48.9 Å². The molecule has 0 bridgehead atoms. The molecule has 2 aromatic heterocycles. The smallest absolute Gasteiger partial charge is 0.164 e. The first-order valence-electron chi connectivity index (χ1n) is 6.91. The van der Waals surface area contributed by atoms with Gasteiger partial charge in [0.05, 0.1) is 5.69 Å². The molecule has 3 heteroatoms. The number of nitrogens with zero attached hydrogens (tertiary/aromatic N) is 2. The predicted molar refractivity (Wildman–Crippen MR) is 78.3 cm³/mol. The molecule has 20 heavy (non-hydrogen) atoms. The average Bonchev–Trinajstić information content (AvgIpc) is 2.92. The number of hydrogen-bond acceptors (Lipinski definition) is 2. The van der Waals surface area contributed by atoms with Crippen LogP contribution in [-0.4, -0.2) is 15.3 Å². The largest absolute Gasteiger partial charge is 0.320 e. The maximum atomic E-state index is 12.0. The van der Waals surface area contributed by atoms with Gasteiger partial charge in [-0.1, -0.05) is 12.1 Å². The number of rotatable bonds is 1. The van der Waals surface area contributed by atoms with E-state index in [-0.39, 0.29) is 5.78 Å². The summed E-state index contributed by atoms with van der Waals surface area (Å²) in [6.07, 6.45) is 8.30. The van der Waals surface area contributed by atoms with E-state index in [0.29, 0.717) is 6.42 Å². The molecule has 1 aromatic carbocycles. The lowest BCUT2D eigenvalue weighted by Crippen LogP contribution is -2.12. The molecule has 2 heterocycles. The van der Waals surface area contributed by atoms with Gasteiger partial charge in [0.15, 0.2) is 5.78 Å². The number of pyridine rings is 1. The molecule has 0 spiro atoms. The zero-order chi connectivity index (χ0) is 13.5. The molecule has 1 aliphatic rings. The molecule has 4 rings (SSSR count). The minimum Gasteiger partial charge on any atom is -0.320 e. The van der Waals surface area contributed by atoms with Gasteiger partial charge < -0.3 is 4.57 Å². The van der Waals surface area contributed by atoms with Gasteiger partial charge in [-0.25, -0.2) is 0 Å². The van der Waals surface area contributed by atoms with Crippen molar-refractivity contribution >= 4 is 16.6 Å². The maximum Gasteiger partial charge on any atom is 0.164 e. The van der Waals surface area contributed by atoms with Crippen molar-refractivity contribution in [1.29, 1.82) is 0 Å². The molecule has 3 aromatic rings. The Hall–Kier alpha value is -2.42. The van der Waals surface area contributed by atoms with E-state index in [9.17, 15) is 4.79 Å². The van der Waals surface area contributed by atoms with Gasteiger partial charge in [0.1, 0.15) is 0 Å². The van der Waals surface area contributed by atoms with Crippen LogP contribution in [0, 0.1) is 0 Å². The zero-order valence-corrected chi connectivity index (χ0v) is 11.0. The van der Waals surface area contributed by atoms with Crippen LogP contribution in [0.25, 0.3) is 16.5 Å². The van der Waals surface area contributed by atoms with E-state index >= 15 is 0 Å². The van der Waals surface area contributed by atoms with E-state index in [0.717, 1.165) is 35.2 Å². The molecule has 0 atom stereocenters. The van der Waals surface area contributed by atoms with Gasteiger partial charge in [-0.2, -0.15) is 0 Å². The highest BCUT2D eigenvalue weighted by atomic mass is 16.1. The van der Waals surface area contributed by atoms with Crippen molar-refractivity contribution < 1.29 is 4.79 Å². The van der Waals surface area contributed by atoms with E-state index in [4.69, 9.17) is 0 Å². The van der Waals surface area contributed by atoms with Crippen LogP contribution in [0.3, 0.4) is 0 Å². The van der Waals surface area contributed by atoms with Crippen LogP contribution >= 0.6 is 0 Å². The van der Waals surface area contributed by atoms with Crippen LogP contribution in [0.4, 0.5) is 0 Å². The van der Waals surface area contributed by atoms with Crippen LogP contribution in [0.2, 0.25) is 0 Å². The van der Waals surface area contributed by atoms with E-state index < -0.39 is 0 Å². The maximum absolute atomic E-state index is 12.0. The second kappa shape index (κ2) is 4.30. The Bertz CT molecular complexity index is 811. The third-order valence-electron chi connectivity index (χ3n) is 4.03. The molecule has 0 radical (unpaired) electrons. The van der Waals surface area contributed by atoms with E-state index in [1.54, 1.807) is 0 Å². The highest BCUT2D eigenvalue weighted by molar-refractivity contribution is 5.99. The van der Waals surface area contributed by atoms with Gasteiger partial charge in [0, 0.05) is 47.0 Å². The van der Waals surface area contributed by atoms with E-state index in [1.165, 1.54) is 5.39 Å². The molecular weight excluding hydrogens is 248 g/mol. The normalized spacial score (nSPS) is 14.5. The van der Waals surface area contributed by atoms with Gasteiger partial charge in [0.2, 0.25) is 0 Å². The Morgan fingerprint density at radius 1 is 1.10 bits per heavy atom. The summed E-state index contributed by atoms with van der Waals surface area (Å²) in [4.78, 5) is 16.1. The Morgan fingerprint density at radius 2 is 2.05 bits per heavy atom. The van der Waals surface area contributed by atoms with Crippen molar-refractivity contribution in [2.75, 3.05) is 0 Å². The summed E-state index contributed by atoms with van der Waals surface area (Å²) in [5, 5.41) is 2.29.